The second-order valence-electron chi connectivity index (χ2n) is 5.20. The van der Waals surface area contributed by atoms with Gasteiger partial charge in [0.2, 0.25) is 0 Å². The minimum atomic E-state index is 0.651. The van der Waals surface area contributed by atoms with Crippen molar-refractivity contribution in [1.29, 1.82) is 0 Å². The van der Waals surface area contributed by atoms with Crippen LogP contribution in [0.25, 0.3) is 0 Å². The second-order valence-corrected chi connectivity index (χ2v) is 5.20. The number of aromatic nitrogens is 3. The van der Waals surface area contributed by atoms with Crippen LogP contribution in [-0.4, -0.2) is 45.6 Å². The Hall–Kier alpha value is -0.940. The predicted octanol–water partition coefficient (Wildman–Crippen LogP) is 1.17. The quantitative estimate of drug-likeness (QED) is 0.824. The summed E-state index contributed by atoms with van der Waals surface area (Å²) >= 11 is 0. The summed E-state index contributed by atoms with van der Waals surface area (Å²) in [6.07, 6.45) is 6.98. The largest absolute Gasteiger partial charge is 0.308 e. The molecule has 0 bridgehead atoms. The molecule has 0 amide bonds. The molecule has 2 heterocycles. The Kier molecular flexibility index (Phi) is 5.13. The summed E-state index contributed by atoms with van der Waals surface area (Å²) in [5.74, 6) is 0. The van der Waals surface area contributed by atoms with E-state index < -0.39 is 0 Å². The maximum atomic E-state index is 3.94. The Morgan fingerprint density at radius 3 is 2.78 bits per heavy atom. The third-order valence-corrected chi connectivity index (χ3v) is 3.80. The maximum Gasteiger partial charge on any atom is 0.0738 e. The Labute approximate surface area is 110 Å². The van der Waals surface area contributed by atoms with E-state index in [1.54, 1.807) is 0 Å². The van der Waals surface area contributed by atoms with E-state index in [0.29, 0.717) is 6.04 Å². The number of unbranched alkanes of at least 4 members (excludes halogenated alkanes) is 1. The standard InChI is InChI=1S/C13H25N5/c1-3-4-7-18-8-5-12(6-9-18)14-10-13-11-15-16-17(13)2/h11-12,14H,3-10H2,1-2H3. The van der Waals surface area contributed by atoms with E-state index in [-0.39, 0.29) is 0 Å². The van der Waals surface area contributed by atoms with Crippen LogP contribution in [0.1, 0.15) is 38.3 Å². The number of hydrogen-bond donors (Lipinski definition) is 1. The van der Waals surface area contributed by atoms with Crippen molar-refractivity contribution < 1.29 is 0 Å². The molecule has 0 aliphatic carbocycles. The maximum absolute atomic E-state index is 3.94. The van der Waals surface area contributed by atoms with Gasteiger partial charge in [-0.15, -0.1) is 5.10 Å². The average molecular weight is 251 g/mol. The van der Waals surface area contributed by atoms with Gasteiger partial charge in [0, 0.05) is 19.6 Å². The van der Waals surface area contributed by atoms with Crippen LogP contribution < -0.4 is 5.32 Å². The van der Waals surface area contributed by atoms with Gasteiger partial charge < -0.3 is 10.2 Å². The van der Waals surface area contributed by atoms with Gasteiger partial charge in [0.25, 0.3) is 0 Å². The Bertz CT molecular complexity index is 341. The molecule has 1 N–H and O–H groups in total. The Balaban J connectivity index is 1.66. The molecule has 102 valence electrons. The highest BCUT2D eigenvalue weighted by Crippen LogP contribution is 2.11. The molecule has 18 heavy (non-hydrogen) atoms. The molecule has 0 atom stereocenters. The zero-order valence-corrected chi connectivity index (χ0v) is 11.6. The molecule has 1 fully saturated rings. The van der Waals surface area contributed by atoms with Crippen LogP contribution in [0.4, 0.5) is 0 Å². The van der Waals surface area contributed by atoms with Gasteiger partial charge in [-0.2, -0.15) is 0 Å². The van der Waals surface area contributed by atoms with Crippen LogP contribution in [0.3, 0.4) is 0 Å². The molecule has 1 aliphatic heterocycles. The van der Waals surface area contributed by atoms with Crippen LogP contribution in [0.5, 0.6) is 0 Å². The highest BCUT2D eigenvalue weighted by Gasteiger charge is 2.18. The second kappa shape index (κ2) is 6.85. The van der Waals surface area contributed by atoms with Crippen molar-refractivity contribution in [3.63, 3.8) is 0 Å². The first-order chi connectivity index (χ1) is 8.79. The van der Waals surface area contributed by atoms with Crippen molar-refractivity contribution in [2.45, 2.75) is 45.2 Å². The highest BCUT2D eigenvalue weighted by molar-refractivity contribution is 4.93. The third kappa shape index (κ3) is 3.78. The lowest BCUT2D eigenvalue weighted by Crippen LogP contribution is -2.42. The molecule has 0 radical (unpaired) electrons. The molecule has 1 aliphatic rings. The number of nitrogens with zero attached hydrogens (tertiary/aromatic N) is 4. The number of nitrogens with one attached hydrogen (secondary N) is 1. The monoisotopic (exact) mass is 251 g/mol. The van der Waals surface area contributed by atoms with E-state index in [1.165, 1.54) is 45.3 Å². The number of rotatable bonds is 6. The van der Waals surface area contributed by atoms with Gasteiger partial charge in [-0.05, 0) is 38.9 Å². The molecule has 5 nitrogen and oxygen atoms in total. The zero-order valence-electron chi connectivity index (χ0n) is 11.6. The zero-order chi connectivity index (χ0) is 12.8. The summed E-state index contributed by atoms with van der Waals surface area (Å²) < 4.78 is 1.84. The van der Waals surface area contributed by atoms with E-state index in [9.17, 15) is 0 Å². The SMILES string of the molecule is CCCCN1CCC(NCc2cnnn2C)CC1. The fraction of sp³-hybridized carbons (Fsp3) is 0.846. The third-order valence-electron chi connectivity index (χ3n) is 3.80. The molecule has 2 rings (SSSR count). The molecular formula is C13H25N5. The molecule has 5 heteroatoms. The van der Waals surface area contributed by atoms with E-state index >= 15 is 0 Å². The van der Waals surface area contributed by atoms with E-state index in [0.717, 1.165) is 12.2 Å². The summed E-state index contributed by atoms with van der Waals surface area (Å²) in [7, 11) is 1.94. The average Bonchev–Trinajstić information content (AvgIpc) is 2.81. The first kappa shape index (κ1) is 13.5. The molecule has 1 aromatic rings. The van der Waals surface area contributed by atoms with Crippen molar-refractivity contribution in [1.82, 2.24) is 25.2 Å². The van der Waals surface area contributed by atoms with Crippen molar-refractivity contribution in [2.24, 2.45) is 7.05 Å². The van der Waals surface area contributed by atoms with Gasteiger partial charge in [-0.3, -0.25) is 4.68 Å². The van der Waals surface area contributed by atoms with Gasteiger partial charge in [0.1, 0.15) is 0 Å². The van der Waals surface area contributed by atoms with E-state index in [2.05, 4.69) is 27.5 Å². The molecule has 0 saturated carbocycles. The smallest absolute Gasteiger partial charge is 0.0738 e. The topological polar surface area (TPSA) is 46.0 Å². The minimum absolute atomic E-state index is 0.651. The van der Waals surface area contributed by atoms with Crippen molar-refractivity contribution in [3.05, 3.63) is 11.9 Å². The fourth-order valence-electron chi connectivity index (χ4n) is 2.46. The van der Waals surface area contributed by atoms with Crippen LogP contribution in [0, 0.1) is 0 Å². The highest BCUT2D eigenvalue weighted by atomic mass is 15.4. The molecule has 0 aromatic carbocycles. The molecule has 1 saturated heterocycles. The lowest BCUT2D eigenvalue weighted by Gasteiger charge is -2.32. The molecule has 1 aromatic heterocycles. The molecule has 0 spiro atoms. The van der Waals surface area contributed by atoms with E-state index in [1.807, 2.05) is 17.9 Å². The normalized spacial score (nSPS) is 18.3. The van der Waals surface area contributed by atoms with Gasteiger partial charge in [0.05, 0.1) is 11.9 Å². The number of likely N-dealkylation sites (tertiary alicyclic amines) is 1. The van der Waals surface area contributed by atoms with Gasteiger partial charge >= 0.3 is 0 Å². The summed E-state index contributed by atoms with van der Waals surface area (Å²) in [5, 5.41) is 11.5. The summed E-state index contributed by atoms with van der Waals surface area (Å²) in [6.45, 7) is 6.89. The van der Waals surface area contributed by atoms with Gasteiger partial charge in [-0.25, -0.2) is 0 Å². The fourth-order valence-corrected chi connectivity index (χ4v) is 2.46. The summed E-state index contributed by atoms with van der Waals surface area (Å²) in [6, 6.07) is 0.651. The molecule has 0 unspecified atom stereocenters. The van der Waals surface area contributed by atoms with Crippen molar-refractivity contribution in [3.8, 4) is 0 Å². The van der Waals surface area contributed by atoms with Crippen LogP contribution in [0.2, 0.25) is 0 Å². The summed E-state index contributed by atoms with van der Waals surface area (Å²) in [5.41, 5.74) is 1.16. The first-order valence-corrected chi connectivity index (χ1v) is 7.09. The van der Waals surface area contributed by atoms with Crippen molar-refractivity contribution >= 4 is 0 Å². The lowest BCUT2D eigenvalue weighted by molar-refractivity contribution is 0.194. The van der Waals surface area contributed by atoms with Crippen molar-refractivity contribution in [2.75, 3.05) is 19.6 Å². The van der Waals surface area contributed by atoms with Gasteiger partial charge in [-0.1, -0.05) is 18.6 Å². The summed E-state index contributed by atoms with van der Waals surface area (Å²) in [4.78, 5) is 2.59. The minimum Gasteiger partial charge on any atom is -0.308 e. The van der Waals surface area contributed by atoms with Crippen LogP contribution in [0.15, 0.2) is 6.20 Å². The number of piperidine rings is 1. The van der Waals surface area contributed by atoms with E-state index in [4.69, 9.17) is 0 Å². The Morgan fingerprint density at radius 2 is 2.17 bits per heavy atom. The first-order valence-electron chi connectivity index (χ1n) is 7.09. The van der Waals surface area contributed by atoms with Gasteiger partial charge in [0.15, 0.2) is 0 Å². The lowest BCUT2D eigenvalue weighted by atomic mass is 10.0. The predicted molar refractivity (Wildman–Crippen MR) is 72.2 cm³/mol. The number of hydrogen-bond acceptors (Lipinski definition) is 4. The number of aryl methyl sites for hydroxylation is 1. The molecular weight excluding hydrogens is 226 g/mol. The Morgan fingerprint density at radius 1 is 1.39 bits per heavy atom. The van der Waals surface area contributed by atoms with Crippen LogP contribution in [-0.2, 0) is 13.6 Å². The van der Waals surface area contributed by atoms with Crippen LogP contribution >= 0.6 is 0 Å².